The smallest absolute Gasteiger partial charge is 0.145 e. The van der Waals surface area contributed by atoms with Crippen LogP contribution in [0.3, 0.4) is 0 Å². The molecule has 0 aliphatic carbocycles. The van der Waals surface area contributed by atoms with Crippen molar-refractivity contribution in [3.05, 3.63) is 60.6 Å². The molecule has 0 unspecified atom stereocenters. The van der Waals surface area contributed by atoms with Gasteiger partial charge in [0.05, 0.1) is 11.9 Å². The zero-order valence-electron chi connectivity index (χ0n) is 11.0. The van der Waals surface area contributed by atoms with E-state index in [1.807, 2.05) is 31.2 Å². The summed E-state index contributed by atoms with van der Waals surface area (Å²) in [5, 5.41) is 3.24. The monoisotopic (exact) mass is 255 g/mol. The fourth-order valence-electron chi connectivity index (χ4n) is 1.67. The molecule has 0 atom stereocenters. The number of nitrogens with zero attached hydrogens (tertiary/aromatic N) is 2. The van der Waals surface area contributed by atoms with Crippen molar-refractivity contribution in [2.45, 2.75) is 13.5 Å². The van der Waals surface area contributed by atoms with E-state index in [0.717, 1.165) is 22.8 Å². The van der Waals surface area contributed by atoms with Crippen molar-refractivity contribution in [1.82, 2.24) is 9.97 Å². The fraction of sp³-hybridized carbons (Fsp3) is 0.200. The number of hydrogen-bond acceptors (Lipinski definition) is 4. The second-order valence-corrected chi connectivity index (χ2v) is 4.11. The molecule has 1 N–H and O–H groups in total. The van der Waals surface area contributed by atoms with E-state index in [4.69, 9.17) is 4.74 Å². The molecule has 1 aromatic carbocycles. The summed E-state index contributed by atoms with van der Waals surface area (Å²) in [6.07, 6.45) is 5.17. The van der Waals surface area contributed by atoms with Crippen LogP contribution >= 0.6 is 0 Å². The van der Waals surface area contributed by atoms with E-state index < -0.39 is 0 Å². The van der Waals surface area contributed by atoms with Gasteiger partial charge in [-0.3, -0.25) is 4.98 Å². The van der Waals surface area contributed by atoms with Crippen molar-refractivity contribution in [2.24, 2.45) is 0 Å². The van der Waals surface area contributed by atoms with Crippen LogP contribution in [-0.4, -0.2) is 16.6 Å². The predicted octanol–water partition coefficient (Wildman–Crippen LogP) is 2.96. The van der Waals surface area contributed by atoms with E-state index in [2.05, 4.69) is 21.9 Å². The molecule has 0 amide bonds. The highest BCUT2D eigenvalue weighted by Gasteiger charge is 2.03. The molecule has 0 fully saturated rings. The van der Waals surface area contributed by atoms with Crippen molar-refractivity contribution in [3.8, 4) is 5.75 Å². The lowest BCUT2D eigenvalue weighted by Gasteiger charge is -2.11. The normalized spacial score (nSPS) is 9.95. The lowest BCUT2D eigenvalue weighted by molar-refractivity contribution is 0.359. The second-order valence-electron chi connectivity index (χ2n) is 4.11. The zero-order chi connectivity index (χ0) is 13.5. The van der Waals surface area contributed by atoms with Gasteiger partial charge in [-0.1, -0.05) is 30.9 Å². The first-order chi connectivity index (χ1) is 9.29. The summed E-state index contributed by atoms with van der Waals surface area (Å²) in [5.41, 5.74) is 1.97. The number of para-hydroxylation sites is 1. The van der Waals surface area contributed by atoms with Gasteiger partial charge in [0.2, 0.25) is 0 Å². The number of aryl methyl sites for hydroxylation is 1. The predicted molar refractivity (Wildman–Crippen MR) is 76.2 cm³/mol. The van der Waals surface area contributed by atoms with Crippen LogP contribution < -0.4 is 10.1 Å². The first-order valence-corrected chi connectivity index (χ1v) is 6.13. The van der Waals surface area contributed by atoms with Gasteiger partial charge in [0, 0.05) is 18.3 Å². The Morgan fingerprint density at radius 1 is 1.32 bits per heavy atom. The van der Waals surface area contributed by atoms with Gasteiger partial charge in [0.25, 0.3) is 0 Å². The number of hydrogen-bond donors (Lipinski definition) is 1. The van der Waals surface area contributed by atoms with Crippen molar-refractivity contribution in [1.29, 1.82) is 0 Å². The Labute approximate surface area is 113 Å². The van der Waals surface area contributed by atoms with Gasteiger partial charge in [-0.05, 0) is 13.0 Å². The lowest BCUT2D eigenvalue weighted by atomic mass is 10.2. The van der Waals surface area contributed by atoms with Gasteiger partial charge in [-0.15, -0.1) is 0 Å². The van der Waals surface area contributed by atoms with Crippen LogP contribution in [0.4, 0.5) is 5.82 Å². The minimum atomic E-state index is 0.501. The van der Waals surface area contributed by atoms with Crippen LogP contribution in [0.5, 0.6) is 5.75 Å². The SMILES string of the molecule is C=CCOc1ccccc1CNc1cncc(C)n1. The van der Waals surface area contributed by atoms with Crippen LogP contribution in [0.1, 0.15) is 11.3 Å². The van der Waals surface area contributed by atoms with E-state index in [9.17, 15) is 0 Å². The molecule has 0 saturated carbocycles. The van der Waals surface area contributed by atoms with Gasteiger partial charge in [-0.2, -0.15) is 0 Å². The quantitative estimate of drug-likeness (QED) is 0.806. The van der Waals surface area contributed by atoms with E-state index in [1.54, 1.807) is 18.5 Å². The molecule has 0 aliphatic rings. The Bertz CT molecular complexity index is 555. The van der Waals surface area contributed by atoms with Crippen LogP contribution in [-0.2, 0) is 6.54 Å². The molecule has 0 radical (unpaired) electrons. The lowest BCUT2D eigenvalue weighted by Crippen LogP contribution is -2.05. The van der Waals surface area contributed by atoms with Crippen LogP contribution in [0.25, 0.3) is 0 Å². The minimum Gasteiger partial charge on any atom is -0.489 e. The van der Waals surface area contributed by atoms with E-state index in [-0.39, 0.29) is 0 Å². The van der Waals surface area contributed by atoms with Crippen molar-refractivity contribution >= 4 is 5.82 Å². The zero-order valence-corrected chi connectivity index (χ0v) is 11.0. The molecule has 2 rings (SSSR count). The highest BCUT2D eigenvalue weighted by atomic mass is 16.5. The largest absolute Gasteiger partial charge is 0.489 e. The first kappa shape index (κ1) is 13.1. The molecule has 1 aromatic heterocycles. The Balaban J connectivity index is 2.04. The summed E-state index contributed by atoms with van der Waals surface area (Å²) >= 11 is 0. The third kappa shape index (κ3) is 3.81. The topological polar surface area (TPSA) is 47.0 Å². The minimum absolute atomic E-state index is 0.501. The van der Waals surface area contributed by atoms with Crippen molar-refractivity contribution < 1.29 is 4.74 Å². The molecule has 0 aliphatic heterocycles. The average molecular weight is 255 g/mol. The van der Waals surface area contributed by atoms with Crippen molar-refractivity contribution in [3.63, 3.8) is 0 Å². The summed E-state index contributed by atoms with van der Waals surface area (Å²) in [4.78, 5) is 8.45. The molecule has 0 saturated heterocycles. The van der Waals surface area contributed by atoms with Crippen molar-refractivity contribution in [2.75, 3.05) is 11.9 Å². The maximum Gasteiger partial charge on any atom is 0.145 e. The molecule has 2 aromatic rings. The van der Waals surface area contributed by atoms with E-state index in [0.29, 0.717) is 13.2 Å². The Hall–Kier alpha value is -2.36. The highest BCUT2D eigenvalue weighted by Crippen LogP contribution is 2.19. The van der Waals surface area contributed by atoms with Crippen LogP contribution in [0.15, 0.2) is 49.3 Å². The first-order valence-electron chi connectivity index (χ1n) is 6.13. The van der Waals surface area contributed by atoms with Gasteiger partial charge in [0.1, 0.15) is 18.2 Å². The molecule has 4 heteroatoms. The van der Waals surface area contributed by atoms with Gasteiger partial charge in [-0.25, -0.2) is 4.98 Å². The molecule has 4 nitrogen and oxygen atoms in total. The highest BCUT2D eigenvalue weighted by molar-refractivity contribution is 5.39. The van der Waals surface area contributed by atoms with E-state index in [1.165, 1.54) is 0 Å². The number of benzene rings is 1. The summed E-state index contributed by atoms with van der Waals surface area (Å²) in [5.74, 6) is 1.62. The number of aromatic nitrogens is 2. The van der Waals surface area contributed by atoms with E-state index >= 15 is 0 Å². The third-order valence-electron chi connectivity index (χ3n) is 2.54. The fourth-order valence-corrected chi connectivity index (χ4v) is 1.67. The van der Waals surface area contributed by atoms with Gasteiger partial charge in [0.15, 0.2) is 0 Å². The Kier molecular flexibility index (Phi) is 4.50. The Morgan fingerprint density at radius 2 is 2.16 bits per heavy atom. The summed E-state index contributed by atoms with van der Waals surface area (Å²) in [6.45, 7) is 6.71. The number of nitrogens with one attached hydrogen (secondary N) is 1. The molecule has 1 heterocycles. The van der Waals surface area contributed by atoms with Gasteiger partial charge >= 0.3 is 0 Å². The number of rotatable bonds is 6. The number of anilines is 1. The summed E-state index contributed by atoms with van der Waals surface area (Å²) in [6, 6.07) is 7.91. The molecular weight excluding hydrogens is 238 g/mol. The molecule has 0 bridgehead atoms. The second kappa shape index (κ2) is 6.54. The number of ether oxygens (including phenoxy) is 1. The third-order valence-corrected chi connectivity index (χ3v) is 2.54. The van der Waals surface area contributed by atoms with Crippen LogP contribution in [0.2, 0.25) is 0 Å². The molecule has 19 heavy (non-hydrogen) atoms. The summed E-state index contributed by atoms with van der Waals surface area (Å²) < 4.78 is 5.60. The molecule has 0 spiro atoms. The standard InChI is InChI=1S/C15H17N3O/c1-3-8-19-14-7-5-4-6-13(14)10-17-15-11-16-9-12(2)18-15/h3-7,9,11H,1,8,10H2,2H3,(H,17,18). The maximum atomic E-state index is 5.60. The van der Waals surface area contributed by atoms with Gasteiger partial charge < -0.3 is 10.1 Å². The Morgan fingerprint density at radius 3 is 2.95 bits per heavy atom. The maximum absolute atomic E-state index is 5.60. The average Bonchev–Trinajstić information content (AvgIpc) is 2.44. The molecular formula is C15H17N3O. The molecule has 98 valence electrons. The van der Waals surface area contributed by atoms with Crippen LogP contribution in [0, 0.1) is 6.92 Å². The summed E-state index contributed by atoms with van der Waals surface area (Å²) in [7, 11) is 0.